The lowest BCUT2D eigenvalue weighted by atomic mass is 9.98. The average Bonchev–Trinajstić information content (AvgIpc) is 2.30. The fraction of sp³-hybridized carbons (Fsp3) is 1.00. The molecule has 0 heterocycles. The van der Waals surface area contributed by atoms with Crippen molar-refractivity contribution in [2.24, 2.45) is 11.8 Å². The molecular formula is C14H32N2O. The normalized spacial score (nSPS) is 15.5. The van der Waals surface area contributed by atoms with Gasteiger partial charge in [-0.05, 0) is 18.9 Å². The highest BCUT2D eigenvalue weighted by molar-refractivity contribution is 4.76. The van der Waals surface area contributed by atoms with Gasteiger partial charge in [0, 0.05) is 32.8 Å². The van der Waals surface area contributed by atoms with Gasteiger partial charge in [0.2, 0.25) is 0 Å². The Balaban J connectivity index is 4.26. The topological polar surface area (TPSA) is 24.5 Å². The van der Waals surface area contributed by atoms with Gasteiger partial charge in [-0.1, -0.05) is 34.1 Å². The maximum absolute atomic E-state index is 5.19. The molecule has 0 amide bonds. The van der Waals surface area contributed by atoms with Crippen molar-refractivity contribution in [3.63, 3.8) is 0 Å². The van der Waals surface area contributed by atoms with Crippen molar-refractivity contribution in [2.75, 3.05) is 40.4 Å². The summed E-state index contributed by atoms with van der Waals surface area (Å²) in [6, 6.07) is 0.579. The number of nitrogens with zero attached hydrogens (tertiary/aromatic N) is 1. The fourth-order valence-corrected chi connectivity index (χ4v) is 2.11. The van der Waals surface area contributed by atoms with Crippen molar-refractivity contribution in [3.8, 4) is 0 Å². The summed E-state index contributed by atoms with van der Waals surface area (Å²) >= 11 is 0. The van der Waals surface area contributed by atoms with Crippen LogP contribution in [0, 0.1) is 11.8 Å². The van der Waals surface area contributed by atoms with Gasteiger partial charge in [0.25, 0.3) is 0 Å². The van der Waals surface area contributed by atoms with E-state index in [9.17, 15) is 0 Å². The van der Waals surface area contributed by atoms with Crippen molar-refractivity contribution >= 4 is 0 Å². The highest BCUT2D eigenvalue weighted by atomic mass is 16.5. The minimum atomic E-state index is 0.579. The lowest BCUT2D eigenvalue weighted by Gasteiger charge is -2.31. The van der Waals surface area contributed by atoms with E-state index in [0.29, 0.717) is 12.0 Å². The second kappa shape index (κ2) is 9.86. The van der Waals surface area contributed by atoms with E-state index < -0.39 is 0 Å². The van der Waals surface area contributed by atoms with Gasteiger partial charge >= 0.3 is 0 Å². The molecule has 0 aliphatic heterocycles. The minimum Gasteiger partial charge on any atom is -0.383 e. The molecule has 0 rings (SSSR count). The summed E-state index contributed by atoms with van der Waals surface area (Å²) in [5, 5.41) is 3.45. The van der Waals surface area contributed by atoms with Crippen molar-refractivity contribution in [1.82, 2.24) is 10.2 Å². The van der Waals surface area contributed by atoms with E-state index in [0.717, 1.165) is 32.2 Å². The average molecular weight is 244 g/mol. The number of ether oxygens (including phenoxy) is 1. The molecule has 0 aliphatic rings. The Labute approximate surface area is 108 Å². The summed E-state index contributed by atoms with van der Waals surface area (Å²) < 4.78 is 5.19. The second-order valence-electron chi connectivity index (χ2n) is 5.43. The standard InChI is InChI=1S/C14H32N2O/c1-7-13(4)14(15-5)11-16(8-9-17-6)10-12(2)3/h12-15H,7-11H2,1-6H3. The Hall–Kier alpha value is -0.120. The van der Waals surface area contributed by atoms with E-state index in [4.69, 9.17) is 4.74 Å². The zero-order valence-electron chi connectivity index (χ0n) is 12.6. The first-order chi connectivity index (χ1) is 8.04. The van der Waals surface area contributed by atoms with Crippen molar-refractivity contribution < 1.29 is 4.74 Å². The van der Waals surface area contributed by atoms with Crippen LogP contribution < -0.4 is 5.32 Å². The summed E-state index contributed by atoms with van der Waals surface area (Å²) in [6.45, 7) is 13.3. The maximum Gasteiger partial charge on any atom is 0.0589 e. The number of hydrogen-bond donors (Lipinski definition) is 1. The highest BCUT2D eigenvalue weighted by Gasteiger charge is 2.18. The molecule has 2 atom stereocenters. The van der Waals surface area contributed by atoms with E-state index >= 15 is 0 Å². The molecule has 2 unspecified atom stereocenters. The summed E-state index contributed by atoms with van der Waals surface area (Å²) in [4.78, 5) is 2.52. The molecule has 0 aromatic heterocycles. The third-order valence-electron chi connectivity index (χ3n) is 3.39. The summed E-state index contributed by atoms with van der Waals surface area (Å²) in [5.74, 6) is 1.43. The Morgan fingerprint density at radius 2 is 1.82 bits per heavy atom. The van der Waals surface area contributed by atoms with Gasteiger partial charge < -0.3 is 10.1 Å². The van der Waals surface area contributed by atoms with Crippen LogP contribution >= 0.6 is 0 Å². The van der Waals surface area contributed by atoms with Crippen molar-refractivity contribution in [1.29, 1.82) is 0 Å². The number of likely N-dealkylation sites (N-methyl/N-ethyl adjacent to an activating group) is 1. The molecule has 0 aromatic carbocycles. The second-order valence-corrected chi connectivity index (χ2v) is 5.43. The van der Waals surface area contributed by atoms with Crippen LogP contribution in [0.1, 0.15) is 34.1 Å². The smallest absolute Gasteiger partial charge is 0.0589 e. The van der Waals surface area contributed by atoms with Crippen LogP contribution in [0.5, 0.6) is 0 Å². The van der Waals surface area contributed by atoms with E-state index in [1.54, 1.807) is 7.11 Å². The number of nitrogens with one attached hydrogen (secondary N) is 1. The van der Waals surface area contributed by atoms with Gasteiger partial charge in [0.1, 0.15) is 0 Å². The largest absolute Gasteiger partial charge is 0.383 e. The maximum atomic E-state index is 5.19. The Bertz CT molecular complexity index is 174. The van der Waals surface area contributed by atoms with E-state index in [-0.39, 0.29) is 0 Å². The summed E-state index contributed by atoms with van der Waals surface area (Å²) in [6.07, 6.45) is 1.23. The highest BCUT2D eigenvalue weighted by Crippen LogP contribution is 2.10. The molecule has 17 heavy (non-hydrogen) atoms. The minimum absolute atomic E-state index is 0.579. The quantitative estimate of drug-likeness (QED) is 0.638. The molecule has 0 spiro atoms. The van der Waals surface area contributed by atoms with Crippen LogP contribution in [-0.4, -0.2) is 51.3 Å². The molecule has 104 valence electrons. The number of hydrogen-bond acceptors (Lipinski definition) is 3. The molecule has 0 radical (unpaired) electrons. The first kappa shape index (κ1) is 16.9. The van der Waals surface area contributed by atoms with Crippen molar-refractivity contribution in [2.45, 2.75) is 40.2 Å². The molecule has 0 saturated heterocycles. The molecule has 3 nitrogen and oxygen atoms in total. The zero-order valence-corrected chi connectivity index (χ0v) is 12.6. The van der Waals surface area contributed by atoms with Crippen LogP contribution in [0.4, 0.5) is 0 Å². The molecule has 0 bridgehead atoms. The predicted octanol–water partition coefficient (Wildman–Crippen LogP) is 2.22. The van der Waals surface area contributed by atoms with Crippen molar-refractivity contribution in [3.05, 3.63) is 0 Å². The summed E-state index contributed by atoms with van der Waals surface area (Å²) in [5.41, 5.74) is 0. The fourth-order valence-electron chi connectivity index (χ4n) is 2.11. The molecule has 0 fully saturated rings. The molecule has 3 heteroatoms. The van der Waals surface area contributed by atoms with Crippen LogP contribution in [0.15, 0.2) is 0 Å². The van der Waals surface area contributed by atoms with Crippen LogP contribution in [0.2, 0.25) is 0 Å². The van der Waals surface area contributed by atoms with Gasteiger partial charge in [-0.15, -0.1) is 0 Å². The van der Waals surface area contributed by atoms with Gasteiger partial charge in [-0.2, -0.15) is 0 Å². The Kier molecular flexibility index (Phi) is 9.79. The molecule has 1 N–H and O–H groups in total. The third-order valence-corrected chi connectivity index (χ3v) is 3.39. The van der Waals surface area contributed by atoms with Gasteiger partial charge in [-0.3, -0.25) is 4.90 Å². The zero-order chi connectivity index (χ0) is 13.3. The molecule has 0 saturated carbocycles. The van der Waals surface area contributed by atoms with Crippen LogP contribution in [0.25, 0.3) is 0 Å². The predicted molar refractivity (Wildman–Crippen MR) is 75.5 cm³/mol. The summed E-state index contributed by atoms with van der Waals surface area (Å²) in [7, 11) is 3.85. The molecular weight excluding hydrogens is 212 g/mol. The first-order valence-electron chi connectivity index (χ1n) is 6.93. The number of methoxy groups -OCH3 is 1. The molecule has 0 aromatic rings. The monoisotopic (exact) mass is 244 g/mol. The lowest BCUT2D eigenvalue weighted by molar-refractivity contribution is 0.126. The SMILES string of the molecule is CCC(C)C(CN(CCOC)CC(C)C)NC. The first-order valence-corrected chi connectivity index (χ1v) is 6.93. The van der Waals surface area contributed by atoms with Crippen LogP contribution in [-0.2, 0) is 4.74 Å². The van der Waals surface area contributed by atoms with Crippen LogP contribution in [0.3, 0.4) is 0 Å². The Morgan fingerprint density at radius 1 is 1.18 bits per heavy atom. The molecule has 0 aliphatic carbocycles. The third kappa shape index (κ3) is 7.74. The van der Waals surface area contributed by atoms with Gasteiger partial charge in [-0.25, -0.2) is 0 Å². The lowest BCUT2D eigenvalue weighted by Crippen LogP contribution is -2.45. The van der Waals surface area contributed by atoms with E-state index in [1.165, 1.54) is 6.42 Å². The van der Waals surface area contributed by atoms with Gasteiger partial charge in [0.05, 0.1) is 6.61 Å². The van der Waals surface area contributed by atoms with E-state index in [1.807, 2.05) is 0 Å². The van der Waals surface area contributed by atoms with Gasteiger partial charge in [0.15, 0.2) is 0 Å². The van der Waals surface area contributed by atoms with E-state index in [2.05, 4.69) is 45.0 Å². The number of rotatable bonds is 10. The Morgan fingerprint density at radius 3 is 2.24 bits per heavy atom.